The van der Waals surface area contributed by atoms with E-state index in [1.165, 1.54) is 11.9 Å². The predicted molar refractivity (Wildman–Crippen MR) is 126 cm³/mol. The van der Waals surface area contributed by atoms with Crippen LogP contribution in [0.15, 0.2) is 97.3 Å². The molecule has 6 heteroatoms. The van der Waals surface area contributed by atoms with Crippen LogP contribution in [0.2, 0.25) is 0 Å². The van der Waals surface area contributed by atoms with Gasteiger partial charge in [-0.2, -0.15) is 0 Å². The van der Waals surface area contributed by atoms with Gasteiger partial charge >= 0.3 is 5.97 Å². The van der Waals surface area contributed by atoms with E-state index in [2.05, 4.69) is 32.7 Å². The molecule has 3 N–H and O–H groups in total. The monoisotopic (exact) mass is 424 g/mol. The van der Waals surface area contributed by atoms with Gasteiger partial charge in [0, 0.05) is 30.3 Å². The van der Waals surface area contributed by atoms with Crippen LogP contribution >= 0.6 is 0 Å². The van der Waals surface area contributed by atoms with Gasteiger partial charge < -0.3 is 15.7 Å². The number of hydrogen-bond acceptors (Lipinski definition) is 5. The molecule has 0 bridgehead atoms. The molecule has 1 atom stereocenters. The van der Waals surface area contributed by atoms with E-state index in [0.29, 0.717) is 12.2 Å². The summed E-state index contributed by atoms with van der Waals surface area (Å²) < 4.78 is 0. The summed E-state index contributed by atoms with van der Waals surface area (Å²) in [5.41, 5.74) is 4.82. The van der Waals surface area contributed by atoms with Crippen LogP contribution in [0.3, 0.4) is 0 Å². The summed E-state index contributed by atoms with van der Waals surface area (Å²) in [6, 6.07) is 28.7. The molecule has 0 aliphatic carbocycles. The van der Waals surface area contributed by atoms with Gasteiger partial charge in [-0.25, -0.2) is 14.8 Å². The Morgan fingerprint density at radius 1 is 0.844 bits per heavy atom. The number of nitrogens with one attached hydrogen (secondary N) is 2. The van der Waals surface area contributed by atoms with Crippen LogP contribution in [0.25, 0.3) is 11.3 Å². The summed E-state index contributed by atoms with van der Waals surface area (Å²) in [5, 5.41) is 16.1. The Labute approximate surface area is 187 Å². The van der Waals surface area contributed by atoms with Crippen molar-refractivity contribution in [3.05, 3.63) is 108 Å². The molecule has 0 aliphatic heterocycles. The van der Waals surface area contributed by atoms with E-state index in [1.54, 1.807) is 6.07 Å². The van der Waals surface area contributed by atoms with E-state index >= 15 is 0 Å². The van der Waals surface area contributed by atoms with E-state index in [0.717, 1.165) is 29.1 Å². The topological polar surface area (TPSA) is 87.1 Å². The molecule has 0 fully saturated rings. The molecule has 32 heavy (non-hydrogen) atoms. The number of nitrogens with zero attached hydrogens (tertiary/aromatic N) is 2. The second-order valence-electron chi connectivity index (χ2n) is 7.43. The van der Waals surface area contributed by atoms with Crippen molar-refractivity contribution in [1.82, 2.24) is 9.97 Å². The Hall–Kier alpha value is -4.19. The van der Waals surface area contributed by atoms with Crippen molar-refractivity contribution in [2.24, 2.45) is 0 Å². The van der Waals surface area contributed by atoms with Gasteiger partial charge in [0.2, 0.25) is 0 Å². The lowest BCUT2D eigenvalue weighted by Gasteiger charge is -2.15. The van der Waals surface area contributed by atoms with Crippen LogP contribution in [0.4, 0.5) is 11.5 Å². The third-order valence-electron chi connectivity index (χ3n) is 5.09. The SMILES string of the molecule is O=C(O)[C@H](Cc1ccccc1)Nc1cc(-c2ccc(NCc3ccccc3)cc2)ncn1. The van der Waals surface area contributed by atoms with Crippen LogP contribution in [0.1, 0.15) is 11.1 Å². The van der Waals surface area contributed by atoms with Crippen LogP contribution in [-0.4, -0.2) is 27.1 Å². The normalized spacial score (nSPS) is 11.5. The molecule has 4 aromatic rings. The number of carboxylic acids is 1. The van der Waals surface area contributed by atoms with Gasteiger partial charge in [0.05, 0.1) is 5.69 Å². The maximum atomic E-state index is 11.8. The zero-order valence-corrected chi connectivity index (χ0v) is 17.5. The summed E-state index contributed by atoms with van der Waals surface area (Å²) in [7, 11) is 0. The van der Waals surface area contributed by atoms with E-state index in [-0.39, 0.29) is 0 Å². The lowest BCUT2D eigenvalue weighted by atomic mass is 10.1. The summed E-state index contributed by atoms with van der Waals surface area (Å²) in [6.45, 7) is 0.750. The summed E-state index contributed by atoms with van der Waals surface area (Å²) in [6.07, 6.45) is 1.80. The molecule has 0 radical (unpaired) electrons. The average Bonchev–Trinajstić information content (AvgIpc) is 2.84. The first kappa shape index (κ1) is 21.1. The van der Waals surface area contributed by atoms with E-state index in [4.69, 9.17) is 0 Å². The first-order chi connectivity index (χ1) is 15.7. The lowest BCUT2D eigenvalue weighted by Crippen LogP contribution is -2.31. The van der Waals surface area contributed by atoms with Gasteiger partial charge in [-0.05, 0) is 23.3 Å². The number of rotatable bonds is 9. The molecular formula is C26H24N4O2. The molecule has 160 valence electrons. The molecule has 1 heterocycles. The first-order valence-corrected chi connectivity index (χ1v) is 10.4. The maximum Gasteiger partial charge on any atom is 0.326 e. The zero-order valence-electron chi connectivity index (χ0n) is 17.5. The fourth-order valence-corrected chi connectivity index (χ4v) is 3.38. The molecule has 0 unspecified atom stereocenters. The number of hydrogen-bond donors (Lipinski definition) is 3. The molecule has 1 aromatic heterocycles. The van der Waals surface area contributed by atoms with Crippen molar-refractivity contribution in [2.45, 2.75) is 19.0 Å². The van der Waals surface area contributed by atoms with Crippen LogP contribution in [0.5, 0.6) is 0 Å². The highest BCUT2D eigenvalue weighted by atomic mass is 16.4. The first-order valence-electron chi connectivity index (χ1n) is 10.4. The maximum absolute atomic E-state index is 11.8. The Morgan fingerprint density at radius 2 is 1.50 bits per heavy atom. The number of carbonyl (C=O) groups is 1. The standard InChI is InChI=1S/C26H24N4O2/c31-26(32)24(15-19-7-3-1-4-8-19)30-25-16-23(28-18-29-25)21-11-13-22(14-12-21)27-17-20-9-5-2-6-10-20/h1-14,16,18,24,27H,15,17H2,(H,31,32)(H,28,29,30)/t24-/m0/s1. The van der Waals surface area contributed by atoms with Crippen molar-refractivity contribution in [1.29, 1.82) is 0 Å². The van der Waals surface area contributed by atoms with Crippen molar-refractivity contribution >= 4 is 17.5 Å². The van der Waals surface area contributed by atoms with E-state index in [1.807, 2.05) is 72.8 Å². The lowest BCUT2D eigenvalue weighted by molar-refractivity contribution is -0.137. The average molecular weight is 425 g/mol. The number of aliphatic carboxylic acids is 1. The minimum absolute atomic E-state index is 0.358. The van der Waals surface area contributed by atoms with Crippen LogP contribution in [0, 0.1) is 0 Å². The second-order valence-corrected chi connectivity index (χ2v) is 7.43. The van der Waals surface area contributed by atoms with Crippen molar-refractivity contribution in [3.63, 3.8) is 0 Å². The molecular weight excluding hydrogens is 400 g/mol. The third-order valence-corrected chi connectivity index (χ3v) is 5.09. The predicted octanol–water partition coefficient (Wildman–Crippen LogP) is 4.86. The highest BCUT2D eigenvalue weighted by Crippen LogP contribution is 2.22. The minimum Gasteiger partial charge on any atom is -0.480 e. The van der Waals surface area contributed by atoms with Crippen LogP contribution in [-0.2, 0) is 17.8 Å². The quantitative estimate of drug-likeness (QED) is 0.356. The summed E-state index contributed by atoms with van der Waals surface area (Å²) in [4.78, 5) is 20.3. The molecule has 6 nitrogen and oxygen atoms in total. The van der Waals surface area contributed by atoms with Gasteiger partial charge in [-0.1, -0.05) is 72.8 Å². The van der Waals surface area contributed by atoms with Gasteiger partial charge in [0.1, 0.15) is 18.2 Å². The number of carboxylic acid groups (broad SMARTS) is 1. The summed E-state index contributed by atoms with van der Waals surface area (Å²) in [5.74, 6) is -0.451. The Kier molecular flexibility index (Phi) is 6.72. The molecule has 0 saturated carbocycles. The fraction of sp³-hybridized carbons (Fsp3) is 0.115. The molecule has 0 saturated heterocycles. The second kappa shape index (κ2) is 10.2. The largest absolute Gasteiger partial charge is 0.480 e. The van der Waals surface area contributed by atoms with Crippen molar-refractivity contribution in [3.8, 4) is 11.3 Å². The van der Waals surface area contributed by atoms with E-state index < -0.39 is 12.0 Å². The fourth-order valence-electron chi connectivity index (χ4n) is 3.38. The van der Waals surface area contributed by atoms with Crippen LogP contribution < -0.4 is 10.6 Å². The number of benzene rings is 3. The third kappa shape index (κ3) is 5.70. The molecule has 0 spiro atoms. The highest BCUT2D eigenvalue weighted by Gasteiger charge is 2.18. The van der Waals surface area contributed by atoms with Crippen molar-refractivity contribution < 1.29 is 9.90 Å². The number of anilines is 2. The van der Waals surface area contributed by atoms with Gasteiger partial charge in [0.15, 0.2) is 0 Å². The smallest absolute Gasteiger partial charge is 0.326 e. The van der Waals surface area contributed by atoms with Gasteiger partial charge in [-0.15, -0.1) is 0 Å². The Morgan fingerprint density at radius 3 is 2.16 bits per heavy atom. The molecule has 0 amide bonds. The zero-order chi connectivity index (χ0) is 22.2. The van der Waals surface area contributed by atoms with E-state index in [9.17, 15) is 9.90 Å². The Bertz CT molecular complexity index is 1150. The molecule has 4 rings (SSSR count). The molecule has 3 aromatic carbocycles. The highest BCUT2D eigenvalue weighted by molar-refractivity contribution is 5.77. The van der Waals surface area contributed by atoms with Gasteiger partial charge in [-0.3, -0.25) is 0 Å². The van der Waals surface area contributed by atoms with Gasteiger partial charge in [0.25, 0.3) is 0 Å². The van der Waals surface area contributed by atoms with Crippen molar-refractivity contribution in [2.75, 3.05) is 10.6 Å². The molecule has 0 aliphatic rings. The minimum atomic E-state index is -0.928. The summed E-state index contributed by atoms with van der Waals surface area (Å²) >= 11 is 0. The number of aromatic nitrogens is 2. The Balaban J connectivity index is 1.43.